The van der Waals surface area contributed by atoms with Crippen LogP contribution in [0.1, 0.15) is 0 Å². The summed E-state index contributed by atoms with van der Waals surface area (Å²) in [6.45, 7) is 0. The van der Waals surface area contributed by atoms with E-state index in [1.54, 1.807) is 14.1 Å². The second-order valence-electron chi connectivity index (χ2n) is 1.75. The summed E-state index contributed by atoms with van der Waals surface area (Å²) in [6.07, 6.45) is 0. The Morgan fingerprint density at radius 1 is 1.09 bits per heavy atom. The summed E-state index contributed by atoms with van der Waals surface area (Å²) >= 11 is 9.18. The van der Waals surface area contributed by atoms with E-state index >= 15 is 0 Å². The highest BCUT2D eigenvalue weighted by Crippen LogP contribution is 1.89. The Bertz CT molecular complexity index is 155. The minimum atomic E-state index is 0.105. The van der Waals surface area contributed by atoms with E-state index in [4.69, 9.17) is 16.4 Å². The van der Waals surface area contributed by atoms with Gasteiger partial charge in [-0.25, -0.2) is 10.1 Å². The second kappa shape index (κ2) is 4.27. The van der Waals surface area contributed by atoms with Gasteiger partial charge in [0.2, 0.25) is 0 Å². The molecule has 5 nitrogen and oxygen atoms in total. The van der Waals surface area contributed by atoms with E-state index in [2.05, 4.69) is 24.4 Å². The Morgan fingerprint density at radius 3 is 1.55 bits per heavy atom. The van der Waals surface area contributed by atoms with Gasteiger partial charge in [0, 0.05) is 14.1 Å². The Balaban J connectivity index is 3.84. The van der Waals surface area contributed by atoms with Crippen molar-refractivity contribution in [1.82, 2.24) is 10.1 Å². The molecular formula is C4H10N4OS2. The molecule has 0 radical (unpaired) electrons. The van der Waals surface area contributed by atoms with Crippen molar-refractivity contribution >= 4 is 34.7 Å². The lowest BCUT2D eigenvalue weighted by Crippen LogP contribution is -2.42. The third-order valence-electron chi connectivity index (χ3n) is 0.866. The first-order valence-electron chi connectivity index (χ1n) is 2.69. The predicted octanol–water partition coefficient (Wildman–Crippen LogP) is -0.816. The number of hydrogen-bond acceptors (Lipinski definition) is 3. The van der Waals surface area contributed by atoms with Gasteiger partial charge in [0.1, 0.15) is 0 Å². The molecule has 0 aromatic heterocycles. The lowest BCUT2D eigenvalue weighted by atomic mass is 11.0. The highest BCUT2D eigenvalue weighted by atomic mass is 32.1. The largest absolute Gasteiger partial charge is 0.374 e. The molecule has 0 spiro atoms. The molecule has 4 N–H and O–H groups in total. The molecule has 0 aliphatic heterocycles. The van der Waals surface area contributed by atoms with E-state index in [0.29, 0.717) is 0 Å². The van der Waals surface area contributed by atoms with E-state index in [-0.39, 0.29) is 10.2 Å². The van der Waals surface area contributed by atoms with Crippen LogP contribution in [0.4, 0.5) is 0 Å². The number of nitrogens with two attached hydrogens (primary N) is 2. The van der Waals surface area contributed by atoms with Crippen molar-refractivity contribution < 1.29 is 4.94 Å². The number of nitrogens with zero attached hydrogens (tertiary/aromatic N) is 2. The van der Waals surface area contributed by atoms with Gasteiger partial charge in [-0.05, 0) is 24.4 Å². The zero-order valence-electron chi connectivity index (χ0n) is 6.27. The number of hydroxylamine groups is 4. The van der Waals surface area contributed by atoms with Gasteiger partial charge < -0.3 is 11.5 Å². The topological polar surface area (TPSA) is 67.8 Å². The van der Waals surface area contributed by atoms with Crippen molar-refractivity contribution in [2.75, 3.05) is 14.1 Å². The molecule has 0 rings (SSSR count). The molecule has 0 aromatic rings. The van der Waals surface area contributed by atoms with Crippen LogP contribution in [0.5, 0.6) is 0 Å². The van der Waals surface area contributed by atoms with E-state index in [1.807, 2.05) is 0 Å². The van der Waals surface area contributed by atoms with E-state index < -0.39 is 0 Å². The van der Waals surface area contributed by atoms with Crippen molar-refractivity contribution in [3.8, 4) is 0 Å². The van der Waals surface area contributed by atoms with Crippen molar-refractivity contribution in [2.24, 2.45) is 11.5 Å². The molecule has 11 heavy (non-hydrogen) atoms. The third-order valence-corrected chi connectivity index (χ3v) is 1.38. The average Bonchev–Trinajstić information content (AvgIpc) is 1.87. The van der Waals surface area contributed by atoms with E-state index in [1.165, 1.54) is 10.1 Å². The molecule has 0 saturated carbocycles. The maximum Gasteiger partial charge on any atom is 0.192 e. The molecule has 0 aliphatic carbocycles. The minimum Gasteiger partial charge on any atom is -0.374 e. The predicted molar refractivity (Wildman–Crippen MR) is 50.2 cm³/mol. The van der Waals surface area contributed by atoms with Gasteiger partial charge in [0.05, 0.1) is 0 Å². The fraction of sp³-hybridized carbons (Fsp3) is 0.500. The summed E-state index contributed by atoms with van der Waals surface area (Å²) in [5, 5.41) is 2.56. The molecule has 0 bridgehead atoms. The zero-order valence-corrected chi connectivity index (χ0v) is 7.91. The Morgan fingerprint density at radius 2 is 1.36 bits per heavy atom. The third kappa shape index (κ3) is 3.91. The first-order chi connectivity index (χ1) is 4.95. The lowest BCUT2D eigenvalue weighted by molar-refractivity contribution is -0.228. The molecule has 0 aliphatic rings. The molecule has 0 amide bonds. The van der Waals surface area contributed by atoms with Crippen LogP contribution in [-0.2, 0) is 4.94 Å². The van der Waals surface area contributed by atoms with Crippen LogP contribution in [0.2, 0.25) is 0 Å². The normalized spacial score (nSPS) is 8.91. The molecule has 0 aromatic carbocycles. The molecule has 0 heterocycles. The maximum atomic E-state index is 5.21. The fourth-order valence-corrected chi connectivity index (χ4v) is 0.331. The van der Waals surface area contributed by atoms with Crippen molar-refractivity contribution in [2.45, 2.75) is 0 Å². The summed E-state index contributed by atoms with van der Waals surface area (Å²) < 4.78 is 0. The molecule has 0 atom stereocenters. The van der Waals surface area contributed by atoms with Crippen LogP contribution < -0.4 is 11.5 Å². The molecule has 0 fully saturated rings. The van der Waals surface area contributed by atoms with Gasteiger partial charge in [-0.1, -0.05) is 0 Å². The molecule has 7 heteroatoms. The average molecular weight is 194 g/mol. The van der Waals surface area contributed by atoms with Crippen LogP contribution in [0.15, 0.2) is 0 Å². The monoisotopic (exact) mass is 194 g/mol. The first-order valence-corrected chi connectivity index (χ1v) is 3.51. The van der Waals surface area contributed by atoms with Gasteiger partial charge in [-0.15, -0.1) is 4.94 Å². The van der Waals surface area contributed by atoms with Crippen molar-refractivity contribution in [3.05, 3.63) is 0 Å². The SMILES string of the molecule is CN(ON(C)C(N)=S)C(N)=S. The quantitative estimate of drug-likeness (QED) is 0.440. The first kappa shape index (κ1) is 10.3. The molecule has 64 valence electrons. The lowest BCUT2D eigenvalue weighted by Gasteiger charge is -2.22. The van der Waals surface area contributed by atoms with E-state index in [0.717, 1.165) is 0 Å². The minimum absolute atomic E-state index is 0.105. The summed E-state index contributed by atoms with van der Waals surface area (Å²) in [6, 6.07) is 0. The smallest absolute Gasteiger partial charge is 0.192 e. The summed E-state index contributed by atoms with van der Waals surface area (Å²) in [5.41, 5.74) is 10.4. The zero-order chi connectivity index (χ0) is 9.02. The fourth-order valence-electron chi connectivity index (χ4n) is 0.264. The maximum absolute atomic E-state index is 5.21. The standard InChI is InChI=1S/C4H10N4OS2/c1-7(3(5)10)9-8(2)4(6)11/h1-2H3,(H2,5,10)(H2,6,11). The van der Waals surface area contributed by atoms with Gasteiger partial charge in [0.15, 0.2) is 10.2 Å². The molecule has 0 saturated heterocycles. The Kier molecular flexibility index (Phi) is 4.01. The Hall–Kier alpha value is -0.660. The highest BCUT2D eigenvalue weighted by Gasteiger charge is 2.05. The van der Waals surface area contributed by atoms with Gasteiger partial charge in [-0.2, -0.15) is 0 Å². The highest BCUT2D eigenvalue weighted by molar-refractivity contribution is 7.80. The van der Waals surface area contributed by atoms with Crippen molar-refractivity contribution in [1.29, 1.82) is 0 Å². The summed E-state index contributed by atoms with van der Waals surface area (Å²) in [7, 11) is 3.11. The van der Waals surface area contributed by atoms with Crippen LogP contribution in [0.25, 0.3) is 0 Å². The van der Waals surface area contributed by atoms with Crippen LogP contribution in [-0.4, -0.2) is 34.4 Å². The Labute approximate surface area is 75.8 Å². The number of hydrogen-bond donors (Lipinski definition) is 2. The summed E-state index contributed by atoms with van der Waals surface area (Å²) in [4.78, 5) is 4.91. The van der Waals surface area contributed by atoms with Crippen LogP contribution >= 0.6 is 24.4 Å². The number of rotatable bonds is 2. The van der Waals surface area contributed by atoms with Gasteiger partial charge >= 0.3 is 0 Å². The van der Waals surface area contributed by atoms with Gasteiger partial charge in [-0.3, -0.25) is 0 Å². The molecular weight excluding hydrogens is 184 g/mol. The number of thiocarbonyl (C=S) groups is 2. The van der Waals surface area contributed by atoms with E-state index in [9.17, 15) is 0 Å². The van der Waals surface area contributed by atoms with Gasteiger partial charge in [0.25, 0.3) is 0 Å². The van der Waals surface area contributed by atoms with Crippen molar-refractivity contribution in [3.63, 3.8) is 0 Å². The second-order valence-corrected chi connectivity index (χ2v) is 2.59. The molecule has 0 unspecified atom stereocenters. The summed E-state index contributed by atoms with van der Waals surface area (Å²) in [5.74, 6) is 0. The van der Waals surface area contributed by atoms with Crippen LogP contribution in [0, 0.1) is 0 Å². The van der Waals surface area contributed by atoms with Crippen LogP contribution in [0.3, 0.4) is 0 Å².